The minimum absolute atomic E-state index is 0. The number of nitrogens with zero attached hydrogens (tertiary/aromatic N) is 1. The summed E-state index contributed by atoms with van der Waals surface area (Å²) >= 11 is 0. The van der Waals surface area contributed by atoms with E-state index >= 15 is 0 Å². The van der Waals surface area contributed by atoms with Crippen LogP contribution in [0.1, 0.15) is 5.56 Å². The van der Waals surface area contributed by atoms with Gasteiger partial charge in [0.25, 0.3) is 0 Å². The number of halogens is 1. The van der Waals surface area contributed by atoms with Crippen molar-refractivity contribution in [1.29, 1.82) is 0 Å². The molecule has 21 heavy (non-hydrogen) atoms. The zero-order valence-corrected chi connectivity index (χ0v) is 12.9. The van der Waals surface area contributed by atoms with E-state index < -0.39 is 0 Å². The summed E-state index contributed by atoms with van der Waals surface area (Å²) in [7, 11) is 3.97. The first-order chi connectivity index (χ1) is 9.66. The van der Waals surface area contributed by atoms with E-state index in [0.29, 0.717) is 12.3 Å². The van der Waals surface area contributed by atoms with Crippen LogP contribution < -0.4 is 0 Å². The smallest absolute Gasteiger partial charge is 0.135 e. The molecule has 1 aromatic heterocycles. The number of furan rings is 1. The van der Waals surface area contributed by atoms with E-state index in [0.717, 1.165) is 27.7 Å². The van der Waals surface area contributed by atoms with Crippen LogP contribution in [0.4, 0.5) is 0 Å². The molecule has 4 heteroatoms. The van der Waals surface area contributed by atoms with Crippen LogP contribution in [-0.2, 0) is 6.54 Å². The third-order valence-electron chi connectivity index (χ3n) is 3.38. The van der Waals surface area contributed by atoms with Crippen molar-refractivity contribution in [2.45, 2.75) is 6.54 Å². The average Bonchev–Trinajstić information content (AvgIpc) is 2.87. The molecule has 0 unspecified atom stereocenters. The van der Waals surface area contributed by atoms with E-state index in [4.69, 9.17) is 4.42 Å². The van der Waals surface area contributed by atoms with Gasteiger partial charge < -0.3 is 14.4 Å². The Kier molecular flexibility index (Phi) is 4.56. The van der Waals surface area contributed by atoms with Gasteiger partial charge >= 0.3 is 0 Å². The number of hydrogen-bond acceptors (Lipinski definition) is 3. The van der Waals surface area contributed by atoms with E-state index in [1.807, 2.05) is 55.4 Å². The minimum atomic E-state index is 0. The van der Waals surface area contributed by atoms with Gasteiger partial charge in [0.2, 0.25) is 0 Å². The van der Waals surface area contributed by atoms with E-state index in [2.05, 4.69) is 0 Å². The summed E-state index contributed by atoms with van der Waals surface area (Å²) in [5.74, 6) is 0.310. The molecule has 0 aliphatic carbocycles. The Morgan fingerprint density at radius 3 is 2.43 bits per heavy atom. The summed E-state index contributed by atoms with van der Waals surface area (Å²) < 4.78 is 5.65. The van der Waals surface area contributed by atoms with Gasteiger partial charge in [0, 0.05) is 23.1 Å². The lowest BCUT2D eigenvalue weighted by Crippen LogP contribution is -2.11. The molecule has 0 atom stereocenters. The summed E-state index contributed by atoms with van der Waals surface area (Å²) in [5.41, 5.74) is 3.82. The summed E-state index contributed by atoms with van der Waals surface area (Å²) in [6.07, 6.45) is 1.76. The molecule has 0 aliphatic heterocycles. The van der Waals surface area contributed by atoms with Crippen LogP contribution in [0.2, 0.25) is 0 Å². The molecule has 0 aliphatic rings. The van der Waals surface area contributed by atoms with Gasteiger partial charge in [0.15, 0.2) is 0 Å². The maximum absolute atomic E-state index is 10.2. The van der Waals surface area contributed by atoms with Crippen molar-refractivity contribution < 1.29 is 9.52 Å². The van der Waals surface area contributed by atoms with Crippen molar-refractivity contribution in [2.24, 2.45) is 0 Å². The van der Waals surface area contributed by atoms with Crippen LogP contribution in [0, 0.1) is 0 Å². The third kappa shape index (κ3) is 2.89. The van der Waals surface area contributed by atoms with Crippen LogP contribution in [0.3, 0.4) is 0 Å². The van der Waals surface area contributed by atoms with Gasteiger partial charge in [-0.1, -0.05) is 30.3 Å². The Bertz CT molecular complexity index is 735. The molecule has 0 radical (unpaired) electrons. The lowest BCUT2D eigenvalue weighted by molar-refractivity contribution is 0.388. The predicted molar refractivity (Wildman–Crippen MR) is 88.0 cm³/mol. The summed E-state index contributed by atoms with van der Waals surface area (Å²) in [6, 6.07) is 13.6. The van der Waals surface area contributed by atoms with Gasteiger partial charge in [-0.15, -0.1) is 12.4 Å². The molecular weight excluding hydrogens is 286 g/mol. The molecule has 0 spiro atoms. The number of hydrogen-bond donors (Lipinski definition) is 1. The summed E-state index contributed by atoms with van der Waals surface area (Å²) in [6.45, 7) is 0.669. The topological polar surface area (TPSA) is 36.6 Å². The second-order valence-corrected chi connectivity index (χ2v) is 5.19. The SMILES string of the molecule is CN(C)Cc1c(O)ccc2occ(-c3ccccc3)c12.Cl. The Labute approximate surface area is 130 Å². The van der Waals surface area contributed by atoms with Crippen LogP contribution >= 0.6 is 12.4 Å². The third-order valence-corrected chi connectivity index (χ3v) is 3.38. The molecule has 0 bridgehead atoms. The normalized spacial score (nSPS) is 10.8. The molecule has 0 fully saturated rings. The van der Waals surface area contributed by atoms with Crippen molar-refractivity contribution in [3.8, 4) is 16.9 Å². The van der Waals surface area contributed by atoms with Crippen molar-refractivity contribution >= 4 is 23.4 Å². The Balaban J connectivity index is 0.00000161. The van der Waals surface area contributed by atoms with E-state index in [1.54, 1.807) is 12.3 Å². The molecule has 3 aromatic rings. The number of rotatable bonds is 3. The fraction of sp³-hybridized carbons (Fsp3) is 0.176. The van der Waals surface area contributed by atoms with Crippen molar-refractivity contribution in [2.75, 3.05) is 14.1 Å². The molecule has 0 saturated carbocycles. The van der Waals surface area contributed by atoms with Gasteiger partial charge in [-0.05, 0) is 31.8 Å². The highest BCUT2D eigenvalue weighted by molar-refractivity contribution is 5.97. The lowest BCUT2D eigenvalue weighted by atomic mass is 10.00. The monoisotopic (exact) mass is 303 g/mol. The van der Waals surface area contributed by atoms with Gasteiger partial charge in [-0.2, -0.15) is 0 Å². The first kappa shape index (κ1) is 15.4. The van der Waals surface area contributed by atoms with Gasteiger partial charge in [0.05, 0.1) is 6.26 Å². The second kappa shape index (κ2) is 6.20. The zero-order valence-electron chi connectivity index (χ0n) is 12.0. The van der Waals surface area contributed by atoms with Crippen LogP contribution in [0.25, 0.3) is 22.1 Å². The van der Waals surface area contributed by atoms with Gasteiger partial charge in [0.1, 0.15) is 11.3 Å². The highest BCUT2D eigenvalue weighted by Crippen LogP contribution is 2.37. The highest BCUT2D eigenvalue weighted by Gasteiger charge is 2.15. The average molecular weight is 304 g/mol. The molecule has 3 nitrogen and oxygen atoms in total. The molecule has 1 N–H and O–H groups in total. The van der Waals surface area contributed by atoms with Gasteiger partial charge in [-0.3, -0.25) is 0 Å². The predicted octanol–water partition coefficient (Wildman–Crippen LogP) is 4.29. The van der Waals surface area contributed by atoms with Crippen LogP contribution in [0.5, 0.6) is 5.75 Å². The molecule has 3 rings (SSSR count). The van der Waals surface area contributed by atoms with Crippen LogP contribution in [0.15, 0.2) is 53.1 Å². The molecule has 2 aromatic carbocycles. The maximum atomic E-state index is 10.2. The Hall–Kier alpha value is -1.97. The quantitative estimate of drug-likeness (QED) is 0.784. The first-order valence-electron chi connectivity index (χ1n) is 6.59. The number of phenols is 1. The molecule has 110 valence electrons. The fourth-order valence-corrected chi connectivity index (χ4v) is 2.50. The fourth-order valence-electron chi connectivity index (χ4n) is 2.50. The zero-order chi connectivity index (χ0) is 14.1. The molecular formula is C17H18ClNO2. The molecule has 1 heterocycles. The minimum Gasteiger partial charge on any atom is -0.508 e. The Morgan fingerprint density at radius 1 is 1.05 bits per heavy atom. The van der Waals surface area contributed by atoms with E-state index in [9.17, 15) is 5.11 Å². The summed E-state index contributed by atoms with van der Waals surface area (Å²) in [5, 5.41) is 11.2. The number of phenolic OH excluding ortho intramolecular Hbond substituents is 1. The van der Waals surface area contributed by atoms with E-state index in [-0.39, 0.29) is 12.4 Å². The Morgan fingerprint density at radius 2 is 1.76 bits per heavy atom. The van der Waals surface area contributed by atoms with Crippen molar-refractivity contribution in [3.63, 3.8) is 0 Å². The number of aromatic hydroxyl groups is 1. The van der Waals surface area contributed by atoms with Gasteiger partial charge in [-0.25, -0.2) is 0 Å². The maximum Gasteiger partial charge on any atom is 0.135 e. The van der Waals surface area contributed by atoms with Crippen molar-refractivity contribution in [1.82, 2.24) is 4.90 Å². The molecule has 0 saturated heterocycles. The van der Waals surface area contributed by atoms with Crippen molar-refractivity contribution in [3.05, 3.63) is 54.3 Å². The molecule has 0 amide bonds. The van der Waals surface area contributed by atoms with E-state index in [1.165, 1.54) is 0 Å². The van der Waals surface area contributed by atoms with Crippen LogP contribution in [-0.4, -0.2) is 24.1 Å². The largest absolute Gasteiger partial charge is 0.508 e. The first-order valence-corrected chi connectivity index (χ1v) is 6.59. The number of benzene rings is 2. The highest BCUT2D eigenvalue weighted by atomic mass is 35.5. The number of fused-ring (bicyclic) bond motifs is 1. The second-order valence-electron chi connectivity index (χ2n) is 5.19. The standard InChI is InChI=1S/C17H17NO2.ClH/c1-18(2)10-13-15(19)8-9-16-17(13)14(11-20-16)12-6-4-3-5-7-12;/h3-9,11,19H,10H2,1-2H3;1H. The lowest BCUT2D eigenvalue weighted by Gasteiger charge is -2.13. The summed E-state index contributed by atoms with van der Waals surface area (Å²) in [4.78, 5) is 2.04.